The van der Waals surface area contributed by atoms with Crippen LogP contribution in [0, 0.1) is 0 Å². The first-order valence-corrected chi connectivity index (χ1v) is 12.6. The molecule has 0 saturated carbocycles. The number of nitrogens with one attached hydrogen (secondary N) is 1. The molecule has 0 saturated heterocycles. The van der Waals surface area contributed by atoms with Gasteiger partial charge in [0.25, 0.3) is 0 Å². The average molecular weight is 473 g/mol. The van der Waals surface area contributed by atoms with Crippen molar-refractivity contribution in [3.63, 3.8) is 0 Å². The summed E-state index contributed by atoms with van der Waals surface area (Å²) in [6, 6.07) is 14.4. The molecule has 1 amide bonds. The number of hydrogen-bond donors (Lipinski definition) is 1. The molecule has 0 aliphatic rings. The number of amides is 1. The maximum absolute atomic E-state index is 12.2. The quantitative estimate of drug-likeness (QED) is 0.232. The Morgan fingerprint density at radius 3 is 2.75 bits per heavy atom. The van der Waals surface area contributed by atoms with Gasteiger partial charge in [-0.1, -0.05) is 48.2 Å². The first-order valence-electron chi connectivity index (χ1n) is 10.7. The Hall–Kier alpha value is -2.65. The number of rotatable bonds is 13. The minimum absolute atomic E-state index is 0.0868. The molecule has 0 fully saturated rings. The van der Waals surface area contributed by atoms with E-state index in [1.807, 2.05) is 24.3 Å². The Morgan fingerprint density at radius 2 is 2.00 bits per heavy atom. The smallest absolute Gasteiger partial charge is 0.305 e. The summed E-state index contributed by atoms with van der Waals surface area (Å²) in [5.41, 5.74) is 1.25. The molecular weight excluding hydrogens is 444 g/mol. The number of aromatic nitrogens is 3. The number of thiophene rings is 1. The number of ether oxygens (including phenoxy) is 1. The van der Waals surface area contributed by atoms with Gasteiger partial charge >= 0.3 is 5.97 Å². The number of carbonyl (C=O) groups excluding carboxylic acids is 2. The van der Waals surface area contributed by atoms with Crippen LogP contribution in [0.15, 0.2) is 53.0 Å². The molecule has 0 aliphatic carbocycles. The maximum Gasteiger partial charge on any atom is 0.305 e. The van der Waals surface area contributed by atoms with E-state index in [-0.39, 0.29) is 17.6 Å². The van der Waals surface area contributed by atoms with Crippen LogP contribution in [0.3, 0.4) is 0 Å². The molecule has 32 heavy (non-hydrogen) atoms. The summed E-state index contributed by atoms with van der Waals surface area (Å²) in [6.45, 7) is 3.35. The highest BCUT2D eigenvalue weighted by atomic mass is 32.2. The SMILES string of the molecule is CCOC(=O)CCCNC(=O)CSc1nnc(Cc2cccs2)n1CCc1ccccc1. The summed E-state index contributed by atoms with van der Waals surface area (Å²) in [6.07, 6.45) is 2.46. The van der Waals surface area contributed by atoms with Crippen molar-refractivity contribution in [1.82, 2.24) is 20.1 Å². The van der Waals surface area contributed by atoms with Crippen LogP contribution >= 0.6 is 23.1 Å². The molecule has 9 heteroatoms. The van der Waals surface area contributed by atoms with Gasteiger partial charge < -0.3 is 14.6 Å². The number of benzene rings is 1. The Labute approximate surface area is 196 Å². The predicted molar refractivity (Wildman–Crippen MR) is 127 cm³/mol. The molecule has 0 spiro atoms. The third-order valence-electron chi connectivity index (χ3n) is 4.69. The molecule has 3 rings (SSSR count). The highest BCUT2D eigenvalue weighted by Crippen LogP contribution is 2.21. The lowest BCUT2D eigenvalue weighted by Gasteiger charge is -2.10. The van der Waals surface area contributed by atoms with E-state index < -0.39 is 0 Å². The van der Waals surface area contributed by atoms with Crippen molar-refractivity contribution in [2.75, 3.05) is 18.9 Å². The van der Waals surface area contributed by atoms with Crippen LogP contribution in [0.4, 0.5) is 0 Å². The monoisotopic (exact) mass is 472 g/mol. The zero-order valence-electron chi connectivity index (χ0n) is 18.2. The highest BCUT2D eigenvalue weighted by molar-refractivity contribution is 7.99. The molecule has 0 radical (unpaired) electrons. The van der Waals surface area contributed by atoms with E-state index in [4.69, 9.17) is 4.74 Å². The van der Waals surface area contributed by atoms with E-state index in [0.29, 0.717) is 26.0 Å². The van der Waals surface area contributed by atoms with Crippen LogP contribution in [0.1, 0.15) is 36.0 Å². The van der Waals surface area contributed by atoms with E-state index in [9.17, 15) is 9.59 Å². The summed E-state index contributed by atoms with van der Waals surface area (Å²) in [4.78, 5) is 24.8. The number of nitrogens with zero attached hydrogens (tertiary/aromatic N) is 3. The minimum Gasteiger partial charge on any atom is -0.466 e. The number of esters is 1. The first-order chi connectivity index (χ1) is 15.7. The van der Waals surface area contributed by atoms with Crippen LogP contribution in [0.25, 0.3) is 0 Å². The second-order valence-corrected chi connectivity index (χ2v) is 9.06. The summed E-state index contributed by atoms with van der Waals surface area (Å²) < 4.78 is 7.01. The van der Waals surface area contributed by atoms with Crippen molar-refractivity contribution < 1.29 is 14.3 Å². The third-order valence-corrected chi connectivity index (χ3v) is 6.53. The van der Waals surface area contributed by atoms with Crippen molar-refractivity contribution in [2.24, 2.45) is 0 Å². The van der Waals surface area contributed by atoms with Gasteiger partial charge in [0.15, 0.2) is 5.16 Å². The molecule has 1 aromatic carbocycles. The first kappa shape index (κ1) is 24.0. The Kier molecular flexibility index (Phi) is 9.77. The molecule has 0 aliphatic heterocycles. The van der Waals surface area contributed by atoms with Gasteiger partial charge in [-0.2, -0.15) is 0 Å². The third kappa shape index (κ3) is 7.80. The molecule has 170 valence electrons. The molecule has 1 N–H and O–H groups in total. The lowest BCUT2D eigenvalue weighted by atomic mass is 10.1. The normalized spacial score (nSPS) is 10.8. The Morgan fingerprint density at radius 1 is 1.16 bits per heavy atom. The van der Waals surface area contributed by atoms with Gasteiger partial charge in [0.2, 0.25) is 5.91 Å². The zero-order chi connectivity index (χ0) is 22.6. The lowest BCUT2D eigenvalue weighted by molar-refractivity contribution is -0.143. The van der Waals surface area contributed by atoms with Gasteiger partial charge in [0.05, 0.1) is 12.4 Å². The van der Waals surface area contributed by atoms with Crippen molar-refractivity contribution in [1.29, 1.82) is 0 Å². The highest BCUT2D eigenvalue weighted by Gasteiger charge is 2.15. The Balaban J connectivity index is 1.55. The largest absolute Gasteiger partial charge is 0.466 e. The van der Waals surface area contributed by atoms with Crippen molar-refractivity contribution in [3.05, 3.63) is 64.1 Å². The van der Waals surface area contributed by atoms with Crippen molar-refractivity contribution >= 4 is 35.0 Å². The van der Waals surface area contributed by atoms with Gasteiger partial charge in [-0.25, -0.2) is 0 Å². The lowest BCUT2D eigenvalue weighted by Crippen LogP contribution is -2.26. The van der Waals surface area contributed by atoms with Gasteiger partial charge in [-0.3, -0.25) is 9.59 Å². The summed E-state index contributed by atoms with van der Waals surface area (Å²) in [5.74, 6) is 0.833. The number of thioether (sulfide) groups is 1. The fourth-order valence-electron chi connectivity index (χ4n) is 3.11. The van der Waals surface area contributed by atoms with Crippen LogP contribution in [0.5, 0.6) is 0 Å². The second-order valence-electron chi connectivity index (χ2n) is 7.09. The Bertz CT molecular complexity index is 975. The standard InChI is InChI=1S/C23H28N4O3S2/c1-2-30-22(29)11-6-13-24-21(28)17-32-23-26-25-20(16-19-10-7-15-31-19)27(23)14-12-18-8-4-3-5-9-18/h3-5,7-10,15H,2,6,11-14,16-17H2,1H3,(H,24,28). The molecule has 0 unspecified atom stereocenters. The van der Waals surface area contributed by atoms with Crippen LogP contribution in [0.2, 0.25) is 0 Å². The van der Waals surface area contributed by atoms with E-state index in [2.05, 4.69) is 43.7 Å². The van der Waals surface area contributed by atoms with E-state index in [1.54, 1.807) is 18.3 Å². The van der Waals surface area contributed by atoms with E-state index in [1.165, 1.54) is 22.2 Å². The van der Waals surface area contributed by atoms with Crippen molar-refractivity contribution in [3.8, 4) is 0 Å². The zero-order valence-corrected chi connectivity index (χ0v) is 19.8. The molecular formula is C23H28N4O3S2. The van der Waals surface area contributed by atoms with E-state index >= 15 is 0 Å². The molecule has 2 aromatic heterocycles. The molecule has 0 atom stereocenters. The van der Waals surface area contributed by atoms with Crippen molar-refractivity contribution in [2.45, 2.75) is 44.3 Å². The van der Waals surface area contributed by atoms with Crippen LogP contribution < -0.4 is 5.32 Å². The average Bonchev–Trinajstić information content (AvgIpc) is 3.45. The fraction of sp³-hybridized carbons (Fsp3) is 0.391. The van der Waals surface area contributed by atoms with E-state index in [0.717, 1.165) is 30.4 Å². The summed E-state index contributed by atoms with van der Waals surface area (Å²) in [7, 11) is 0. The van der Waals surface area contributed by atoms with Gasteiger partial charge in [-0.05, 0) is 36.8 Å². The van der Waals surface area contributed by atoms with Gasteiger partial charge in [0, 0.05) is 30.8 Å². The van der Waals surface area contributed by atoms with Crippen LogP contribution in [-0.2, 0) is 33.7 Å². The fourth-order valence-corrected chi connectivity index (χ4v) is 4.63. The molecule has 2 heterocycles. The summed E-state index contributed by atoms with van der Waals surface area (Å²) >= 11 is 3.08. The minimum atomic E-state index is -0.235. The topological polar surface area (TPSA) is 86.1 Å². The molecule has 7 nitrogen and oxygen atoms in total. The van der Waals surface area contributed by atoms with Crippen LogP contribution in [-0.4, -0.2) is 45.5 Å². The number of hydrogen-bond acceptors (Lipinski definition) is 7. The molecule has 3 aromatic rings. The van der Waals surface area contributed by atoms with Gasteiger partial charge in [-0.15, -0.1) is 21.5 Å². The predicted octanol–water partition coefficient (Wildman–Crippen LogP) is 3.72. The maximum atomic E-state index is 12.2. The number of aryl methyl sites for hydroxylation is 1. The summed E-state index contributed by atoms with van der Waals surface area (Å²) in [5, 5.41) is 14.4. The number of carbonyl (C=O) groups is 2. The van der Waals surface area contributed by atoms with Gasteiger partial charge in [0.1, 0.15) is 5.82 Å². The molecule has 0 bridgehead atoms. The second kappa shape index (κ2) is 13.0.